The van der Waals surface area contributed by atoms with E-state index in [4.69, 9.17) is 4.74 Å². The van der Waals surface area contributed by atoms with E-state index in [9.17, 15) is 9.59 Å². The Morgan fingerprint density at radius 1 is 1.32 bits per heavy atom. The van der Waals surface area contributed by atoms with E-state index in [0.717, 1.165) is 11.3 Å². The van der Waals surface area contributed by atoms with E-state index in [0.29, 0.717) is 18.7 Å². The second kappa shape index (κ2) is 4.76. The van der Waals surface area contributed by atoms with Gasteiger partial charge in [0, 0.05) is 13.0 Å². The van der Waals surface area contributed by atoms with Crippen LogP contribution in [0.4, 0.5) is 4.79 Å². The Kier molecular flexibility index (Phi) is 2.95. The molecular weight excluding hydrogens is 244 g/mol. The molecule has 0 radical (unpaired) electrons. The Labute approximate surface area is 110 Å². The van der Waals surface area contributed by atoms with Gasteiger partial charge in [-0.15, -0.1) is 0 Å². The highest BCUT2D eigenvalue weighted by Crippen LogP contribution is 2.26. The Balaban J connectivity index is 1.64. The van der Waals surface area contributed by atoms with Gasteiger partial charge in [0.15, 0.2) is 5.78 Å². The van der Waals surface area contributed by atoms with E-state index < -0.39 is 6.09 Å². The standard InChI is InChI=1S/C14H14N2O3/c17-12-8-16(11-6-7-15-13(11)12)14(18)19-9-10-4-2-1-3-5-10/h1-5,15H,6-9H2. The van der Waals surface area contributed by atoms with Crippen molar-refractivity contribution in [3.8, 4) is 0 Å². The summed E-state index contributed by atoms with van der Waals surface area (Å²) in [6.45, 7) is 1.02. The van der Waals surface area contributed by atoms with Gasteiger partial charge < -0.3 is 10.1 Å². The second-order valence-corrected chi connectivity index (χ2v) is 4.55. The maximum Gasteiger partial charge on any atom is 0.414 e. The largest absolute Gasteiger partial charge is 0.444 e. The molecule has 0 aromatic heterocycles. The Morgan fingerprint density at radius 2 is 2.11 bits per heavy atom. The minimum absolute atomic E-state index is 0.0378. The van der Waals surface area contributed by atoms with Crippen LogP contribution in [-0.4, -0.2) is 29.9 Å². The molecule has 1 aromatic rings. The van der Waals surface area contributed by atoms with E-state index in [2.05, 4.69) is 5.32 Å². The minimum Gasteiger partial charge on any atom is -0.444 e. The molecule has 0 spiro atoms. The third kappa shape index (κ3) is 2.19. The highest BCUT2D eigenvalue weighted by Gasteiger charge is 2.36. The number of benzene rings is 1. The van der Waals surface area contributed by atoms with Crippen LogP contribution in [0.3, 0.4) is 0 Å². The molecule has 0 aliphatic carbocycles. The lowest BCUT2D eigenvalue weighted by molar-refractivity contribution is -0.115. The molecule has 98 valence electrons. The van der Waals surface area contributed by atoms with Gasteiger partial charge in [0.2, 0.25) is 0 Å². The fourth-order valence-corrected chi connectivity index (χ4v) is 2.35. The fourth-order valence-electron chi connectivity index (χ4n) is 2.35. The van der Waals surface area contributed by atoms with Crippen LogP contribution in [-0.2, 0) is 16.1 Å². The molecule has 1 N–H and O–H groups in total. The van der Waals surface area contributed by atoms with Crippen LogP contribution in [0.25, 0.3) is 0 Å². The van der Waals surface area contributed by atoms with Crippen LogP contribution >= 0.6 is 0 Å². The van der Waals surface area contributed by atoms with Crippen molar-refractivity contribution >= 4 is 11.9 Å². The number of nitrogens with zero attached hydrogens (tertiary/aromatic N) is 1. The first-order chi connectivity index (χ1) is 9.25. The third-order valence-electron chi connectivity index (χ3n) is 3.28. The van der Waals surface area contributed by atoms with Gasteiger partial charge in [-0.25, -0.2) is 4.79 Å². The molecule has 0 atom stereocenters. The number of ether oxygens (including phenoxy) is 1. The number of rotatable bonds is 2. The van der Waals surface area contributed by atoms with Crippen LogP contribution in [0.15, 0.2) is 41.7 Å². The van der Waals surface area contributed by atoms with Gasteiger partial charge in [0.25, 0.3) is 0 Å². The van der Waals surface area contributed by atoms with Gasteiger partial charge >= 0.3 is 6.09 Å². The summed E-state index contributed by atoms with van der Waals surface area (Å²) in [6, 6.07) is 9.48. The number of amides is 1. The van der Waals surface area contributed by atoms with Crippen molar-refractivity contribution < 1.29 is 14.3 Å². The molecule has 1 amide bonds. The average molecular weight is 258 g/mol. The van der Waals surface area contributed by atoms with Gasteiger partial charge in [-0.1, -0.05) is 30.3 Å². The smallest absolute Gasteiger partial charge is 0.414 e. The normalized spacial score (nSPS) is 17.5. The van der Waals surface area contributed by atoms with E-state index in [-0.39, 0.29) is 18.9 Å². The van der Waals surface area contributed by atoms with Gasteiger partial charge in [-0.3, -0.25) is 9.69 Å². The average Bonchev–Trinajstić information content (AvgIpc) is 3.02. The first kappa shape index (κ1) is 11.8. The van der Waals surface area contributed by atoms with E-state index in [1.807, 2.05) is 30.3 Å². The number of carbonyl (C=O) groups excluding carboxylic acids is 2. The molecule has 19 heavy (non-hydrogen) atoms. The fraction of sp³-hybridized carbons (Fsp3) is 0.286. The van der Waals surface area contributed by atoms with Crippen LogP contribution in [0.1, 0.15) is 12.0 Å². The lowest BCUT2D eigenvalue weighted by atomic mass is 10.2. The Morgan fingerprint density at radius 3 is 2.89 bits per heavy atom. The van der Waals surface area contributed by atoms with Gasteiger partial charge in [0.1, 0.15) is 6.61 Å². The van der Waals surface area contributed by atoms with Crippen molar-refractivity contribution in [3.63, 3.8) is 0 Å². The number of carbonyl (C=O) groups is 2. The topological polar surface area (TPSA) is 58.6 Å². The molecule has 2 heterocycles. The van der Waals surface area contributed by atoms with Crippen molar-refractivity contribution in [1.29, 1.82) is 0 Å². The maximum absolute atomic E-state index is 12.0. The summed E-state index contributed by atoms with van der Waals surface area (Å²) in [4.78, 5) is 25.1. The van der Waals surface area contributed by atoms with Gasteiger partial charge in [0.05, 0.1) is 17.9 Å². The summed E-state index contributed by atoms with van der Waals surface area (Å²) in [5.74, 6) is -0.0378. The molecule has 0 fully saturated rings. The predicted molar refractivity (Wildman–Crippen MR) is 68.0 cm³/mol. The quantitative estimate of drug-likeness (QED) is 0.871. The summed E-state index contributed by atoms with van der Waals surface area (Å²) in [7, 11) is 0. The van der Waals surface area contributed by atoms with Gasteiger partial charge in [-0.05, 0) is 5.56 Å². The molecule has 1 aromatic carbocycles. The number of ketones is 1. The summed E-state index contributed by atoms with van der Waals surface area (Å²) in [5, 5.41) is 3.01. The number of hydrogen-bond acceptors (Lipinski definition) is 4. The van der Waals surface area contributed by atoms with Crippen molar-refractivity contribution in [2.75, 3.05) is 13.1 Å². The van der Waals surface area contributed by atoms with E-state index in [1.165, 1.54) is 4.90 Å². The van der Waals surface area contributed by atoms with Crippen LogP contribution in [0.2, 0.25) is 0 Å². The van der Waals surface area contributed by atoms with Crippen molar-refractivity contribution in [1.82, 2.24) is 10.2 Å². The molecule has 5 nitrogen and oxygen atoms in total. The maximum atomic E-state index is 12.0. The highest BCUT2D eigenvalue weighted by molar-refractivity contribution is 6.02. The number of hydrogen-bond donors (Lipinski definition) is 1. The zero-order chi connectivity index (χ0) is 13.2. The molecular formula is C14H14N2O3. The monoisotopic (exact) mass is 258 g/mol. The second-order valence-electron chi connectivity index (χ2n) is 4.55. The SMILES string of the molecule is O=C1CN(C(=O)OCc2ccccc2)C2=C1NCC2. The summed E-state index contributed by atoms with van der Waals surface area (Å²) in [5.41, 5.74) is 2.28. The first-order valence-corrected chi connectivity index (χ1v) is 6.24. The molecule has 0 bridgehead atoms. The van der Waals surface area contributed by atoms with Crippen molar-refractivity contribution in [2.45, 2.75) is 13.0 Å². The Bertz CT molecular complexity index is 551. The molecule has 3 rings (SSSR count). The first-order valence-electron chi connectivity index (χ1n) is 6.24. The molecule has 0 saturated carbocycles. The third-order valence-corrected chi connectivity index (χ3v) is 3.28. The lowest BCUT2D eigenvalue weighted by Crippen LogP contribution is -2.31. The summed E-state index contributed by atoms with van der Waals surface area (Å²) < 4.78 is 5.24. The number of Topliss-reactive ketones (excluding diaryl/α,β-unsaturated/α-hetero) is 1. The van der Waals surface area contributed by atoms with Crippen LogP contribution in [0, 0.1) is 0 Å². The molecule has 0 unspecified atom stereocenters. The number of nitrogens with one attached hydrogen (secondary N) is 1. The lowest BCUT2D eigenvalue weighted by Gasteiger charge is -2.17. The molecule has 0 saturated heterocycles. The molecule has 2 aliphatic rings. The summed E-state index contributed by atoms with van der Waals surface area (Å²) in [6.07, 6.45) is 0.243. The van der Waals surface area contributed by atoms with Crippen LogP contribution in [0.5, 0.6) is 0 Å². The van der Waals surface area contributed by atoms with Crippen LogP contribution < -0.4 is 5.32 Å². The minimum atomic E-state index is -0.453. The van der Waals surface area contributed by atoms with Crippen molar-refractivity contribution in [2.24, 2.45) is 0 Å². The van der Waals surface area contributed by atoms with E-state index >= 15 is 0 Å². The van der Waals surface area contributed by atoms with E-state index in [1.54, 1.807) is 0 Å². The summed E-state index contributed by atoms with van der Waals surface area (Å²) >= 11 is 0. The van der Waals surface area contributed by atoms with Gasteiger partial charge in [-0.2, -0.15) is 0 Å². The predicted octanol–water partition coefficient (Wildman–Crippen LogP) is 1.41. The highest BCUT2D eigenvalue weighted by atomic mass is 16.6. The zero-order valence-corrected chi connectivity index (χ0v) is 10.4. The zero-order valence-electron chi connectivity index (χ0n) is 10.4. The Hall–Kier alpha value is -2.30. The molecule has 5 heteroatoms. The van der Waals surface area contributed by atoms with Crippen molar-refractivity contribution in [3.05, 3.63) is 47.3 Å². The molecule has 2 aliphatic heterocycles.